The van der Waals surface area contributed by atoms with Crippen molar-refractivity contribution >= 4 is 39.7 Å². The van der Waals surface area contributed by atoms with E-state index >= 15 is 0 Å². The number of thioether (sulfide) groups is 1. The summed E-state index contributed by atoms with van der Waals surface area (Å²) in [6, 6.07) is 13.2. The molecule has 0 saturated carbocycles. The van der Waals surface area contributed by atoms with Gasteiger partial charge in [-0.2, -0.15) is 0 Å². The first-order valence-electron chi connectivity index (χ1n) is 8.14. The molecule has 0 atom stereocenters. The molecule has 3 rings (SSSR count). The molecule has 8 heteroatoms. The highest BCUT2D eigenvalue weighted by Gasteiger charge is 2.15. The van der Waals surface area contributed by atoms with Crippen LogP contribution in [0.1, 0.15) is 15.9 Å². The number of ketones is 1. The molecule has 1 aromatic heterocycles. The molecule has 0 fully saturated rings. The first-order chi connectivity index (χ1) is 13.1. The second-order valence-corrected chi connectivity index (χ2v) is 7.85. The van der Waals surface area contributed by atoms with Gasteiger partial charge in [0.1, 0.15) is 11.5 Å². The number of carbonyl (C=O) groups excluding carboxylic acids is 1. The number of nitrogens with zero attached hydrogens (tertiary/aromatic N) is 2. The zero-order chi connectivity index (χ0) is 19.2. The van der Waals surface area contributed by atoms with Crippen molar-refractivity contribution in [3.63, 3.8) is 0 Å². The third kappa shape index (κ3) is 4.99. The Bertz CT molecular complexity index is 943. The summed E-state index contributed by atoms with van der Waals surface area (Å²) < 4.78 is 11.2. The monoisotopic (exact) mass is 401 g/mol. The van der Waals surface area contributed by atoms with Crippen LogP contribution in [-0.2, 0) is 0 Å². The molecule has 1 N–H and O–H groups in total. The highest BCUT2D eigenvalue weighted by Crippen LogP contribution is 2.30. The van der Waals surface area contributed by atoms with Crippen LogP contribution in [0.4, 0.5) is 10.8 Å². The van der Waals surface area contributed by atoms with Crippen LogP contribution in [0.25, 0.3) is 0 Å². The normalized spacial score (nSPS) is 10.5. The maximum absolute atomic E-state index is 12.5. The summed E-state index contributed by atoms with van der Waals surface area (Å²) in [6.45, 7) is 2.03. The van der Waals surface area contributed by atoms with Gasteiger partial charge in [0.2, 0.25) is 5.13 Å². The number of hydrogen-bond donors (Lipinski definition) is 1. The minimum atomic E-state index is -0.0390. The lowest BCUT2D eigenvalue weighted by Crippen LogP contribution is -2.05. The SMILES string of the molecule is COc1ccc(C(=O)CSc2nnc(Nc3cccc(C)c3)s2)c(OC)c1. The molecule has 140 valence electrons. The van der Waals surface area contributed by atoms with Gasteiger partial charge in [-0.15, -0.1) is 10.2 Å². The lowest BCUT2D eigenvalue weighted by atomic mass is 10.1. The summed E-state index contributed by atoms with van der Waals surface area (Å²) in [6.07, 6.45) is 0. The van der Waals surface area contributed by atoms with Crippen LogP contribution >= 0.6 is 23.1 Å². The average Bonchev–Trinajstić information content (AvgIpc) is 3.12. The Hall–Kier alpha value is -2.58. The molecular formula is C19H19N3O3S2. The van der Waals surface area contributed by atoms with Crippen LogP contribution in [0.5, 0.6) is 11.5 Å². The van der Waals surface area contributed by atoms with E-state index in [2.05, 4.69) is 15.5 Å². The van der Waals surface area contributed by atoms with Gasteiger partial charge in [-0.05, 0) is 36.8 Å². The van der Waals surface area contributed by atoms with Crippen molar-refractivity contribution in [3.8, 4) is 11.5 Å². The van der Waals surface area contributed by atoms with E-state index in [9.17, 15) is 4.79 Å². The number of ether oxygens (including phenoxy) is 2. The minimum Gasteiger partial charge on any atom is -0.497 e. The number of nitrogens with one attached hydrogen (secondary N) is 1. The van der Waals surface area contributed by atoms with Crippen LogP contribution in [0.2, 0.25) is 0 Å². The quantitative estimate of drug-likeness (QED) is 0.437. The van der Waals surface area contributed by atoms with E-state index in [0.29, 0.717) is 22.2 Å². The fraction of sp³-hybridized carbons (Fsp3) is 0.211. The first-order valence-corrected chi connectivity index (χ1v) is 9.94. The zero-order valence-corrected chi connectivity index (χ0v) is 16.8. The molecule has 1 heterocycles. The van der Waals surface area contributed by atoms with Crippen LogP contribution < -0.4 is 14.8 Å². The third-order valence-corrected chi connectivity index (χ3v) is 5.68. The topological polar surface area (TPSA) is 73.3 Å². The van der Waals surface area contributed by atoms with E-state index in [1.165, 1.54) is 30.2 Å². The van der Waals surface area contributed by atoms with Crippen molar-refractivity contribution in [2.45, 2.75) is 11.3 Å². The number of Topliss-reactive ketones (excluding diaryl/α,β-unsaturated/α-hetero) is 1. The van der Waals surface area contributed by atoms with Gasteiger partial charge in [0, 0.05) is 11.8 Å². The predicted molar refractivity (Wildman–Crippen MR) is 109 cm³/mol. The minimum absolute atomic E-state index is 0.0390. The summed E-state index contributed by atoms with van der Waals surface area (Å²) in [7, 11) is 3.11. The number of benzene rings is 2. The molecule has 0 aliphatic heterocycles. The van der Waals surface area contributed by atoms with Crippen molar-refractivity contribution in [1.82, 2.24) is 10.2 Å². The van der Waals surface area contributed by atoms with Gasteiger partial charge < -0.3 is 14.8 Å². The van der Waals surface area contributed by atoms with E-state index in [4.69, 9.17) is 9.47 Å². The number of aryl methyl sites for hydroxylation is 1. The van der Waals surface area contributed by atoms with Gasteiger partial charge in [0.05, 0.1) is 25.5 Å². The molecule has 27 heavy (non-hydrogen) atoms. The molecule has 2 aromatic carbocycles. The van der Waals surface area contributed by atoms with Gasteiger partial charge in [-0.3, -0.25) is 4.79 Å². The maximum atomic E-state index is 12.5. The maximum Gasteiger partial charge on any atom is 0.210 e. The molecule has 3 aromatic rings. The van der Waals surface area contributed by atoms with E-state index in [1.807, 2.05) is 31.2 Å². The summed E-state index contributed by atoms with van der Waals surface area (Å²) in [5, 5.41) is 12.2. The summed E-state index contributed by atoms with van der Waals surface area (Å²) in [4.78, 5) is 12.5. The van der Waals surface area contributed by atoms with Gasteiger partial charge >= 0.3 is 0 Å². The Labute approximate surface area is 165 Å². The van der Waals surface area contributed by atoms with E-state index in [-0.39, 0.29) is 11.5 Å². The van der Waals surface area contributed by atoms with Crippen LogP contribution in [0.3, 0.4) is 0 Å². The smallest absolute Gasteiger partial charge is 0.210 e. The standard InChI is InChI=1S/C19H19N3O3S2/c1-12-5-4-6-13(9-12)20-18-21-22-19(27-18)26-11-16(23)15-8-7-14(24-2)10-17(15)25-3/h4-10H,11H2,1-3H3,(H,20,21). The fourth-order valence-electron chi connectivity index (χ4n) is 2.40. The predicted octanol–water partition coefficient (Wildman–Crippen LogP) is 4.58. The molecule has 0 amide bonds. The molecular weight excluding hydrogens is 382 g/mol. The van der Waals surface area contributed by atoms with Gasteiger partial charge in [-0.1, -0.05) is 35.2 Å². The second-order valence-electron chi connectivity index (χ2n) is 5.65. The molecule has 0 radical (unpaired) electrons. The largest absolute Gasteiger partial charge is 0.497 e. The Morgan fingerprint density at radius 3 is 2.74 bits per heavy atom. The second kappa shape index (κ2) is 8.88. The van der Waals surface area contributed by atoms with Crippen molar-refractivity contribution in [2.75, 3.05) is 25.3 Å². The molecule has 0 aliphatic rings. The van der Waals surface area contributed by atoms with E-state index < -0.39 is 0 Å². The number of methoxy groups -OCH3 is 2. The van der Waals surface area contributed by atoms with E-state index in [1.54, 1.807) is 25.3 Å². The molecule has 0 aliphatic carbocycles. The summed E-state index contributed by atoms with van der Waals surface area (Å²) in [5.74, 6) is 1.36. The number of aromatic nitrogens is 2. The van der Waals surface area contributed by atoms with Gasteiger partial charge in [-0.25, -0.2) is 0 Å². The fourth-order valence-corrected chi connectivity index (χ4v) is 4.05. The number of carbonyl (C=O) groups is 1. The Kier molecular flexibility index (Phi) is 6.31. The highest BCUT2D eigenvalue weighted by molar-refractivity contribution is 8.01. The van der Waals surface area contributed by atoms with Crippen molar-refractivity contribution in [1.29, 1.82) is 0 Å². The summed E-state index contributed by atoms with van der Waals surface area (Å²) >= 11 is 2.77. The van der Waals surface area contributed by atoms with E-state index in [0.717, 1.165) is 15.6 Å². The van der Waals surface area contributed by atoms with Gasteiger partial charge in [0.25, 0.3) is 0 Å². The molecule has 0 unspecified atom stereocenters. The zero-order valence-electron chi connectivity index (χ0n) is 15.2. The van der Waals surface area contributed by atoms with Crippen molar-refractivity contribution in [2.24, 2.45) is 0 Å². The third-order valence-electron chi connectivity index (χ3n) is 3.71. The Morgan fingerprint density at radius 1 is 1.15 bits per heavy atom. The first kappa shape index (κ1) is 19.2. The average molecular weight is 402 g/mol. The molecule has 0 spiro atoms. The molecule has 0 saturated heterocycles. The number of rotatable bonds is 8. The van der Waals surface area contributed by atoms with Crippen LogP contribution in [0, 0.1) is 6.92 Å². The van der Waals surface area contributed by atoms with Crippen molar-refractivity contribution in [3.05, 3.63) is 53.6 Å². The Morgan fingerprint density at radius 2 is 2.00 bits per heavy atom. The molecule has 0 bridgehead atoms. The van der Waals surface area contributed by atoms with Crippen LogP contribution in [-0.4, -0.2) is 36.0 Å². The van der Waals surface area contributed by atoms with Crippen molar-refractivity contribution < 1.29 is 14.3 Å². The highest BCUT2D eigenvalue weighted by atomic mass is 32.2. The molecule has 6 nitrogen and oxygen atoms in total. The van der Waals surface area contributed by atoms with Crippen LogP contribution in [0.15, 0.2) is 46.8 Å². The number of hydrogen-bond acceptors (Lipinski definition) is 8. The Balaban J connectivity index is 1.62. The summed E-state index contributed by atoms with van der Waals surface area (Å²) in [5.41, 5.74) is 2.65. The van der Waals surface area contributed by atoms with Gasteiger partial charge in [0.15, 0.2) is 10.1 Å². The lowest BCUT2D eigenvalue weighted by molar-refractivity contribution is 0.101. The lowest BCUT2D eigenvalue weighted by Gasteiger charge is -2.09. The number of anilines is 2.